The molecule has 1 aromatic heterocycles. The van der Waals surface area contributed by atoms with Crippen molar-refractivity contribution in [2.45, 2.75) is 5.50 Å². The number of halogens is 1. The lowest BCUT2D eigenvalue weighted by Crippen LogP contribution is -2.01. The second-order valence-corrected chi connectivity index (χ2v) is 2.00. The van der Waals surface area contributed by atoms with Crippen molar-refractivity contribution in [3.63, 3.8) is 0 Å². The maximum atomic E-state index is 5.49. The van der Waals surface area contributed by atoms with Gasteiger partial charge in [-0.05, 0) is 12.1 Å². The largest absolute Gasteiger partial charge is 0.363 e. The molecule has 1 unspecified atom stereocenters. The van der Waals surface area contributed by atoms with E-state index in [-0.39, 0.29) is 0 Å². The first kappa shape index (κ1) is 5.66. The Morgan fingerprint density at radius 3 is 2.75 bits per heavy atom. The van der Waals surface area contributed by atoms with E-state index in [2.05, 4.69) is 4.98 Å². The molecular formula is C5H7ClN2. The quantitative estimate of drug-likeness (QED) is 0.436. The summed E-state index contributed by atoms with van der Waals surface area (Å²) >= 11 is 5.49. The Bertz CT molecular complexity index is 145. The number of hydrogen-bond acceptors (Lipinski definition) is 1. The topological polar surface area (TPSA) is 41.8 Å². The molecule has 44 valence electrons. The molecule has 3 heteroatoms. The summed E-state index contributed by atoms with van der Waals surface area (Å²) in [5.41, 5.74) is 5.75. The zero-order valence-electron chi connectivity index (χ0n) is 4.26. The van der Waals surface area contributed by atoms with Gasteiger partial charge in [0.15, 0.2) is 0 Å². The van der Waals surface area contributed by atoms with Gasteiger partial charge in [0, 0.05) is 11.9 Å². The highest BCUT2D eigenvalue weighted by Gasteiger charge is 1.97. The number of H-pyrrole nitrogens is 1. The smallest absolute Gasteiger partial charge is 0.121 e. The number of aromatic amines is 1. The molecule has 0 spiro atoms. The van der Waals surface area contributed by atoms with Crippen LogP contribution in [0.1, 0.15) is 11.2 Å². The first-order valence-electron chi connectivity index (χ1n) is 2.33. The van der Waals surface area contributed by atoms with E-state index in [1.54, 1.807) is 6.20 Å². The molecule has 0 aliphatic rings. The molecule has 0 saturated heterocycles. The summed E-state index contributed by atoms with van der Waals surface area (Å²) in [6.45, 7) is 0. The summed E-state index contributed by atoms with van der Waals surface area (Å²) in [6.07, 6.45) is 1.79. The average molecular weight is 131 g/mol. The standard InChI is InChI=1S/C5H7ClN2/c6-5(7)4-2-1-3-8-4/h1-3,5,8H,7H2. The third-order valence-corrected chi connectivity index (χ3v) is 1.15. The lowest BCUT2D eigenvalue weighted by atomic mass is 10.4. The Hall–Kier alpha value is -0.470. The van der Waals surface area contributed by atoms with Crippen LogP contribution in [-0.4, -0.2) is 4.98 Å². The van der Waals surface area contributed by atoms with Crippen molar-refractivity contribution in [1.29, 1.82) is 0 Å². The molecule has 1 heterocycles. The fourth-order valence-electron chi connectivity index (χ4n) is 0.516. The van der Waals surface area contributed by atoms with Gasteiger partial charge in [0.25, 0.3) is 0 Å². The van der Waals surface area contributed by atoms with Crippen molar-refractivity contribution in [2.24, 2.45) is 5.73 Å². The first-order chi connectivity index (χ1) is 3.80. The number of aromatic nitrogens is 1. The monoisotopic (exact) mass is 130 g/mol. The molecule has 8 heavy (non-hydrogen) atoms. The van der Waals surface area contributed by atoms with Gasteiger partial charge < -0.3 is 10.7 Å². The van der Waals surface area contributed by atoms with Crippen LogP contribution >= 0.6 is 11.6 Å². The van der Waals surface area contributed by atoms with E-state index < -0.39 is 5.50 Å². The second-order valence-electron chi connectivity index (χ2n) is 1.53. The number of nitrogens with one attached hydrogen (secondary N) is 1. The molecule has 0 fully saturated rings. The first-order valence-corrected chi connectivity index (χ1v) is 2.77. The van der Waals surface area contributed by atoms with E-state index in [0.717, 1.165) is 5.69 Å². The van der Waals surface area contributed by atoms with Gasteiger partial charge in [-0.1, -0.05) is 11.6 Å². The van der Waals surface area contributed by atoms with Crippen LogP contribution in [-0.2, 0) is 0 Å². The van der Waals surface area contributed by atoms with Crippen LogP contribution in [0, 0.1) is 0 Å². The number of hydrogen-bond donors (Lipinski definition) is 2. The molecule has 2 nitrogen and oxygen atoms in total. The Kier molecular flexibility index (Phi) is 1.56. The number of alkyl halides is 1. The van der Waals surface area contributed by atoms with Gasteiger partial charge in [-0.2, -0.15) is 0 Å². The summed E-state index contributed by atoms with van der Waals surface area (Å²) < 4.78 is 0. The zero-order chi connectivity index (χ0) is 5.98. The minimum absolute atomic E-state index is 0.398. The molecule has 1 aromatic rings. The summed E-state index contributed by atoms with van der Waals surface area (Å²) in [5, 5.41) is 0. The van der Waals surface area contributed by atoms with Gasteiger partial charge in [-0.3, -0.25) is 0 Å². The van der Waals surface area contributed by atoms with E-state index in [4.69, 9.17) is 17.3 Å². The number of nitrogens with two attached hydrogens (primary N) is 1. The molecule has 0 aliphatic heterocycles. The van der Waals surface area contributed by atoms with Gasteiger partial charge in [-0.25, -0.2) is 0 Å². The van der Waals surface area contributed by atoms with E-state index >= 15 is 0 Å². The Labute approximate surface area is 52.6 Å². The molecule has 3 N–H and O–H groups in total. The second kappa shape index (κ2) is 2.20. The third-order valence-electron chi connectivity index (χ3n) is 0.919. The van der Waals surface area contributed by atoms with Crippen LogP contribution in [0.3, 0.4) is 0 Å². The predicted molar refractivity (Wildman–Crippen MR) is 33.6 cm³/mol. The van der Waals surface area contributed by atoms with Gasteiger partial charge in [0.05, 0.1) is 0 Å². The lowest BCUT2D eigenvalue weighted by Gasteiger charge is -1.95. The van der Waals surface area contributed by atoms with Crippen molar-refractivity contribution < 1.29 is 0 Å². The van der Waals surface area contributed by atoms with E-state index in [1.165, 1.54) is 0 Å². The molecule has 0 aliphatic carbocycles. The molecule has 1 rings (SSSR count). The average Bonchev–Trinajstić information content (AvgIpc) is 2.12. The molecule has 0 bridgehead atoms. The normalized spacial score (nSPS) is 13.8. The molecule has 1 atom stereocenters. The molecule has 0 saturated carbocycles. The van der Waals surface area contributed by atoms with Crippen molar-refractivity contribution in [3.8, 4) is 0 Å². The SMILES string of the molecule is NC(Cl)c1ccc[nH]1. The maximum absolute atomic E-state index is 5.49. The zero-order valence-corrected chi connectivity index (χ0v) is 5.02. The van der Waals surface area contributed by atoms with Crippen molar-refractivity contribution >= 4 is 11.6 Å². The summed E-state index contributed by atoms with van der Waals surface area (Å²) in [5.74, 6) is 0. The van der Waals surface area contributed by atoms with E-state index in [9.17, 15) is 0 Å². The molecule has 0 amide bonds. The van der Waals surface area contributed by atoms with Crippen LogP contribution in [0.25, 0.3) is 0 Å². The van der Waals surface area contributed by atoms with Gasteiger partial charge in [0.2, 0.25) is 0 Å². The van der Waals surface area contributed by atoms with Gasteiger partial charge in [0.1, 0.15) is 5.50 Å². The molecule has 0 radical (unpaired) electrons. The van der Waals surface area contributed by atoms with E-state index in [1.807, 2.05) is 12.1 Å². The summed E-state index contributed by atoms with van der Waals surface area (Å²) in [4.78, 5) is 2.88. The van der Waals surface area contributed by atoms with Crippen LogP contribution < -0.4 is 5.73 Å². The van der Waals surface area contributed by atoms with Gasteiger partial charge in [-0.15, -0.1) is 0 Å². The van der Waals surface area contributed by atoms with Crippen LogP contribution in [0.5, 0.6) is 0 Å². The van der Waals surface area contributed by atoms with E-state index in [0.29, 0.717) is 0 Å². The van der Waals surface area contributed by atoms with Crippen LogP contribution in [0.4, 0.5) is 0 Å². The highest BCUT2D eigenvalue weighted by atomic mass is 35.5. The van der Waals surface area contributed by atoms with Crippen molar-refractivity contribution in [1.82, 2.24) is 4.98 Å². The maximum Gasteiger partial charge on any atom is 0.121 e. The highest BCUT2D eigenvalue weighted by Crippen LogP contribution is 2.09. The minimum Gasteiger partial charge on any atom is -0.363 e. The minimum atomic E-state index is -0.398. The Morgan fingerprint density at radius 2 is 2.50 bits per heavy atom. The number of rotatable bonds is 1. The Morgan fingerprint density at radius 1 is 1.75 bits per heavy atom. The van der Waals surface area contributed by atoms with Crippen molar-refractivity contribution in [2.75, 3.05) is 0 Å². The third kappa shape index (κ3) is 1.02. The fourth-order valence-corrected chi connectivity index (χ4v) is 0.651. The van der Waals surface area contributed by atoms with Gasteiger partial charge >= 0.3 is 0 Å². The van der Waals surface area contributed by atoms with Crippen LogP contribution in [0.2, 0.25) is 0 Å². The van der Waals surface area contributed by atoms with Crippen molar-refractivity contribution in [3.05, 3.63) is 24.0 Å². The summed E-state index contributed by atoms with van der Waals surface area (Å²) in [6, 6.07) is 3.70. The molecule has 0 aromatic carbocycles. The molecular weight excluding hydrogens is 124 g/mol. The fraction of sp³-hybridized carbons (Fsp3) is 0.200. The lowest BCUT2D eigenvalue weighted by molar-refractivity contribution is 0.967. The van der Waals surface area contributed by atoms with Crippen LogP contribution in [0.15, 0.2) is 18.3 Å². The summed E-state index contributed by atoms with van der Waals surface area (Å²) in [7, 11) is 0. The Balaban J connectivity index is 2.77. The predicted octanol–water partition coefficient (Wildman–Crippen LogP) is 1.21. The highest BCUT2D eigenvalue weighted by molar-refractivity contribution is 6.20.